The molecular weight excluding hydrogens is 438 g/mol. The van der Waals surface area contributed by atoms with Gasteiger partial charge in [0, 0.05) is 23.2 Å². The normalized spacial score (nSPS) is 23.7. The number of halogens is 1. The highest BCUT2D eigenvalue weighted by Gasteiger charge is 2.47. The molecule has 0 saturated carbocycles. The fourth-order valence-corrected chi connectivity index (χ4v) is 4.15. The van der Waals surface area contributed by atoms with Crippen molar-refractivity contribution in [3.05, 3.63) is 69.7 Å². The summed E-state index contributed by atoms with van der Waals surface area (Å²) in [4.78, 5) is 27.2. The highest BCUT2D eigenvalue weighted by molar-refractivity contribution is 9.10. The van der Waals surface area contributed by atoms with Crippen molar-refractivity contribution < 1.29 is 24.5 Å². The largest absolute Gasteiger partial charge is 0.508 e. The van der Waals surface area contributed by atoms with Crippen LogP contribution in [0.25, 0.3) is 5.76 Å². The van der Waals surface area contributed by atoms with Crippen molar-refractivity contribution in [2.45, 2.75) is 25.0 Å². The average Bonchev–Trinajstić information content (AvgIpc) is 3.30. The first-order valence-electron chi connectivity index (χ1n) is 9.40. The molecule has 2 saturated heterocycles. The van der Waals surface area contributed by atoms with Crippen LogP contribution in [0.4, 0.5) is 0 Å². The molecule has 2 heterocycles. The Bertz CT molecular complexity index is 979. The Morgan fingerprint density at radius 3 is 2.59 bits per heavy atom. The second kappa shape index (κ2) is 8.00. The van der Waals surface area contributed by atoms with Crippen molar-refractivity contribution in [3.63, 3.8) is 0 Å². The first-order chi connectivity index (χ1) is 14.0. The number of carbonyl (C=O) groups is 2. The van der Waals surface area contributed by atoms with Gasteiger partial charge in [-0.15, -0.1) is 0 Å². The maximum absolute atomic E-state index is 12.9. The van der Waals surface area contributed by atoms with E-state index < -0.39 is 17.7 Å². The van der Waals surface area contributed by atoms with Gasteiger partial charge in [-0.2, -0.15) is 0 Å². The summed E-state index contributed by atoms with van der Waals surface area (Å²) in [6.07, 6.45) is 1.56. The molecule has 0 aromatic heterocycles. The Hall–Kier alpha value is -2.64. The molecule has 0 radical (unpaired) electrons. The first kappa shape index (κ1) is 19.7. The molecule has 4 rings (SSSR count). The lowest BCUT2D eigenvalue weighted by Crippen LogP contribution is -2.36. The SMILES string of the molecule is O=C1C(=O)N(C[C@@H]2CCCO2)[C@@H](c2cccc(O)c2)C1=C(O)c1ccc(Br)cc1. The number of hydrogen-bond acceptors (Lipinski definition) is 5. The van der Waals surface area contributed by atoms with E-state index in [0.717, 1.165) is 17.3 Å². The van der Waals surface area contributed by atoms with E-state index in [2.05, 4.69) is 15.9 Å². The average molecular weight is 458 g/mol. The number of carbonyl (C=O) groups excluding carboxylic acids is 2. The summed E-state index contributed by atoms with van der Waals surface area (Å²) in [5.74, 6) is -1.63. The number of ether oxygens (including phenoxy) is 1. The zero-order chi connectivity index (χ0) is 20.5. The van der Waals surface area contributed by atoms with Crippen molar-refractivity contribution in [1.29, 1.82) is 0 Å². The van der Waals surface area contributed by atoms with Gasteiger partial charge < -0.3 is 19.8 Å². The molecule has 29 heavy (non-hydrogen) atoms. The predicted octanol–water partition coefficient (Wildman–Crippen LogP) is 3.76. The molecule has 0 unspecified atom stereocenters. The number of aliphatic hydroxyl groups excluding tert-OH is 1. The maximum atomic E-state index is 12.9. The molecule has 2 fully saturated rings. The van der Waals surface area contributed by atoms with Crippen LogP contribution in [0.2, 0.25) is 0 Å². The van der Waals surface area contributed by atoms with E-state index in [1.807, 2.05) is 0 Å². The third-order valence-corrected chi connectivity index (χ3v) is 5.80. The summed E-state index contributed by atoms with van der Waals surface area (Å²) in [5, 5.41) is 20.9. The number of aromatic hydroxyl groups is 1. The molecule has 0 spiro atoms. The van der Waals surface area contributed by atoms with E-state index in [-0.39, 0.29) is 29.7 Å². The lowest BCUT2D eigenvalue weighted by Gasteiger charge is -2.27. The smallest absolute Gasteiger partial charge is 0.295 e. The van der Waals surface area contributed by atoms with Gasteiger partial charge in [0.05, 0.1) is 17.7 Å². The Labute approximate surface area is 176 Å². The third-order valence-electron chi connectivity index (χ3n) is 5.27. The van der Waals surface area contributed by atoms with Gasteiger partial charge >= 0.3 is 0 Å². The molecule has 2 aliphatic rings. The molecule has 2 aromatic carbocycles. The van der Waals surface area contributed by atoms with E-state index in [4.69, 9.17) is 4.74 Å². The van der Waals surface area contributed by atoms with Crippen LogP contribution in [-0.4, -0.2) is 46.1 Å². The zero-order valence-corrected chi connectivity index (χ0v) is 17.1. The van der Waals surface area contributed by atoms with E-state index in [0.29, 0.717) is 17.7 Å². The van der Waals surface area contributed by atoms with Gasteiger partial charge in [0.15, 0.2) is 0 Å². The number of Topliss-reactive ketones (excluding diaryl/α,β-unsaturated/α-hetero) is 1. The molecule has 6 nitrogen and oxygen atoms in total. The number of likely N-dealkylation sites (tertiary alicyclic amines) is 1. The van der Waals surface area contributed by atoms with E-state index in [1.54, 1.807) is 36.4 Å². The van der Waals surface area contributed by atoms with E-state index >= 15 is 0 Å². The summed E-state index contributed by atoms with van der Waals surface area (Å²) in [6, 6.07) is 12.5. The second-order valence-electron chi connectivity index (χ2n) is 7.19. The van der Waals surface area contributed by atoms with Crippen molar-refractivity contribution in [2.24, 2.45) is 0 Å². The van der Waals surface area contributed by atoms with Crippen molar-refractivity contribution in [1.82, 2.24) is 4.90 Å². The number of phenols is 1. The van der Waals surface area contributed by atoms with Gasteiger partial charge in [-0.3, -0.25) is 9.59 Å². The first-order valence-corrected chi connectivity index (χ1v) is 10.2. The Morgan fingerprint density at radius 2 is 1.93 bits per heavy atom. The summed E-state index contributed by atoms with van der Waals surface area (Å²) >= 11 is 3.35. The van der Waals surface area contributed by atoms with Gasteiger partial charge in [0.2, 0.25) is 0 Å². The van der Waals surface area contributed by atoms with Crippen LogP contribution in [0.1, 0.15) is 30.0 Å². The lowest BCUT2D eigenvalue weighted by atomic mass is 9.95. The number of aliphatic hydroxyl groups is 1. The fraction of sp³-hybridized carbons (Fsp3) is 0.273. The Balaban J connectivity index is 1.83. The number of nitrogens with zero attached hydrogens (tertiary/aromatic N) is 1. The minimum absolute atomic E-state index is 0.0147. The summed E-state index contributed by atoms with van der Waals surface area (Å²) in [6.45, 7) is 0.881. The molecule has 7 heteroatoms. The minimum atomic E-state index is -0.796. The van der Waals surface area contributed by atoms with Crippen LogP contribution >= 0.6 is 15.9 Å². The fourth-order valence-electron chi connectivity index (χ4n) is 3.88. The molecule has 0 aliphatic carbocycles. The zero-order valence-electron chi connectivity index (χ0n) is 15.5. The molecule has 2 atom stereocenters. The van der Waals surface area contributed by atoms with Crippen LogP contribution in [0.3, 0.4) is 0 Å². The number of amides is 1. The molecule has 1 amide bonds. The molecule has 0 bridgehead atoms. The standard InChI is InChI=1S/C22H20BrNO5/c23-15-8-6-13(7-9-15)20(26)18-19(14-3-1-4-16(25)11-14)24(22(28)21(18)27)12-17-5-2-10-29-17/h1,3-4,6-9,11,17,19,25-26H,2,5,10,12H2/t17-,19-/m0/s1. The van der Waals surface area contributed by atoms with Crippen LogP contribution in [-0.2, 0) is 14.3 Å². The van der Waals surface area contributed by atoms with Gasteiger partial charge in [0.1, 0.15) is 11.5 Å². The summed E-state index contributed by atoms with van der Waals surface area (Å²) in [7, 11) is 0. The molecular formula is C22H20BrNO5. The van der Waals surface area contributed by atoms with E-state index in [9.17, 15) is 19.8 Å². The predicted molar refractivity (Wildman–Crippen MR) is 110 cm³/mol. The Kier molecular flexibility index (Phi) is 5.43. The highest BCUT2D eigenvalue weighted by Crippen LogP contribution is 2.40. The molecule has 2 aliphatic heterocycles. The number of benzene rings is 2. The van der Waals surface area contributed by atoms with Crippen molar-refractivity contribution >= 4 is 33.4 Å². The van der Waals surface area contributed by atoms with Gasteiger partial charge in [-0.25, -0.2) is 0 Å². The van der Waals surface area contributed by atoms with Crippen LogP contribution in [0.5, 0.6) is 5.75 Å². The third kappa shape index (κ3) is 3.80. The molecule has 150 valence electrons. The van der Waals surface area contributed by atoms with Crippen LogP contribution < -0.4 is 0 Å². The molecule has 2 N–H and O–H groups in total. The number of rotatable bonds is 4. The Morgan fingerprint density at radius 1 is 1.17 bits per heavy atom. The lowest BCUT2D eigenvalue weighted by molar-refractivity contribution is -0.140. The van der Waals surface area contributed by atoms with Gasteiger partial charge in [-0.05, 0) is 42.7 Å². The number of phenolic OH excluding ortho intramolecular Hbond substituents is 1. The number of ketones is 1. The van der Waals surface area contributed by atoms with Crippen molar-refractivity contribution in [2.75, 3.05) is 13.2 Å². The highest BCUT2D eigenvalue weighted by atomic mass is 79.9. The quantitative estimate of drug-likeness (QED) is 0.414. The summed E-state index contributed by atoms with van der Waals surface area (Å²) in [5.41, 5.74) is 1.01. The molecule has 2 aromatic rings. The number of hydrogen-bond donors (Lipinski definition) is 2. The van der Waals surface area contributed by atoms with Gasteiger partial charge in [-0.1, -0.05) is 40.2 Å². The minimum Gasteiger partial charge on any atom is -0.508 e. The van der Waals surface area contributed by atoms with E-state index in [1.165, 1.54) is 17.0 Å². The van der Waals surface area contributed by atoms with Crippen LogP contribution in [0.15, 0.2) is 58.6 Å². The second-order valence-corrected chi connectivity index (χ2v) is 8.10. The van der Waals surface area contributed by atoms with Crippen LogP contribution in [0, 0.1) is 0 Å². The maximum Gasteiger partial charge on any atom is 0.295 e. The summed E-state index contributed by atoms with van der Waals surface area (Å²) < 4.78 is 6.49. The monoisotopic (exact) mass is 457 g/mol. The topological polar surface area (TPSA) is 87.1 Å². The van der Waals surface area contributed by atoms with Crippen molar-refractivity contribution in [3.8, 4) is 5.75 Å². The van der Waals surface area contributed by atoms with Gasteiger partial charge in [0.25, 0.3) is 11.7 Å².